The van der Waals surface area contributed by atoms with Gasteiger partial charge in [-0.3, -0.25) is 19.4 Å². The minimum Gasteiger partial charge on any atom is -0.466 e. The van der Waals surface area contributed by atoms with Gasteiger partial charge in [0.2, 0.25) is 5.91 Å². The number of ether oxygens (including phenoxy) is 1. The number of urea groups is 1. The molecule has 0 radical (unpaired) electrons. The van der Waals surface area contributed by atoms with Crippen molar-refractivity contribution in [2.75, 3.05) is 39.3 Å². The fourth-order valence-corrected chi connectivity index (χ4v) is 2.64. The summed E-state index contributed by atoms with van der Waals surface area (Å²) < 4.78 is 5.03. The molecule has 2 rings (SSSR count). The van der Waals surface area contributed by atoms with Crippen LogP contribution in [0.25, 0.3) is 0 Å². The first kappa shape index (κ1) is 14.8. The molecule has 0 bridgehead atoms. The second-order valence-corrected chi connectivity index (χ2v) is 5.10. The van der Waals surface area contributed by atoms with Gasteiger partial charge in [-0.25, -0.2) is 4.79 Å². The van der Waals surface area contributed by atoms with E-state index in [1.807, 2.05) is 4.90 Å². The van der Waals surface area contributed by atoms with Crippen molar-refractivity contribution in [1.29, 1.82) is 0 Å². The third-order valence-electron chi connectivity index (χ3n) is 3.64. The number of hydrogen-bond donors (Lipinski definition) is 1. The quantitative estimate of drug-likeness (QED) is 0.724. The lowest BCUT2D eigenvalue weighted by molar-refractivity contribution is -0.150. The van der Waals surface area contributed by atoms with Crippen LogP contribution in [0.4, 0.5) is 4.79 Å². The van der Waals surface area contributed by atoms with Crippen molar-refractivity contribution in [2.45, 2.75) is 19.8 Å². The summed E-state index contributed by atoms with van der Waals surface area (Å²) in [5, 5.41) is 2.61. The van der Waals surface area contributed by atoms with Gasteiger partial charge in [0, 0.05) is 19.6 Å². The first-order chi connectivity index (χ1) is 9.61. The summed E-state index contributed by atoms with van der Waals surface area (Å²) in [6.07, 6.45) is 1.66. The third-order valence-corrected chi connectivity index (χ3v) is 3.64. The lowest BCUT2D eigenvalue weighted by atomic mass is 9.98. The second kappa shape index (κ2) is 6.69. The molecule has 2 saturated heterocycles. The van der Waals surface area contributed by atoms with Crippen molar-refractivity contribution >= 4 is 17.9 Å². The predicted octanol–water partition coefficient (Wildman–Crippen LogP) is -0.187. The molecule has 2 aliphatic heterocycles. The molecule has 0 unspecified atom stereocenters. The highest BCUT2D eigenvalue weighted by Crippen LogP contribution is 2.18. The van der Waals surface area contributed by atoms with Gasteiger partial charge in [-0.2, -0.15) is 0 Å². The van der Waals surface area contributed by atoms with Crippen molar-refractivity contribution in [2.24, 2.45) is 5.92 Å². The summed E-state index contributed by atoms with van der Waals surface area (Å²) in [5.41, 5.74) is 0. The molecule has 2 heterocycles. The Labute approximate surface area is 118 Å². The van der Waals surface area contributed by atoms with E-state index in [0.29, 0.717) is 26.2 Å². The number of nitrogens with zero attached hydrogens (tertiary/aromatic N) is 2. The Morgan fingerprint density at radius 2 is 2.20 bits per heavy atom. The van der Waals surface area contributed by atoms with Crippen LogP contribution in [-0.2, 0) is 14.3 Å². The fraction of sp³-hybridized carbons (Fsp3) is 0.769. The molecule has 7 nitrogen and oxygen atoms in total. The van der Waals surface area contributed by atoms with Crippen LogP contribution in [0.3, 0.4) is 0 Å². The first-order valence-electron chi connectivity index (χ1n) is 7.09. The van der Waals surface area contributed by atoms with E-state index in [1.165, 1.54) is 4.90 Å². The highest BCUT2D eigenvalue weighted by molar-refractivity contribution is 5.96. The number of hydrogen-bond acceptors (Lipinski definition) is 5. The number of likely N-dealkylation sites (tertiary alicyclic amines) is 1. The maximum atomic E-state index is 12.0. The van der Waals surface area contributed by atoms with Gasteiger partial charge in [0.25, 0.3) is 0 Å². The molecule has 0 aliphatic carbocycles. The lowest BCUT2D eigenvalue weighted by Crippen LogP contribution is -2.46. The summed E-state index contributed by atoms with van der Waals surface area (Å²) >= 11 is 0. The Hall–Kier alpha value is -1.63. The average molecular weight is 283 g/mol. The molecule has 3 amide bonds. The van der Waals surface area contributed by atoms with Crippen LogP contribution in [0.2, 0.25) is 0 Å². The van der Waals surface area contributed by atoms with Gasteiger partial charge < -0.3 is 10.1 Å². The van der Waals surface area contributed by atoms with E-state index in [1.54, 1.807) is 6.92 Å². The highest BCUT2D eigenvalue weighted by atomic mass is 16.5. The van der Waals surface area contributed by atoms with Crippen LogP contribution < -0.4 is 5.32 Å². The van der Waals surface area contributed by atoms with Gasteiger partial charge in [0.05, 0.1) is 19.1 Å². The van der Waals surface area contributed by atoms with E-state index in [0.717, 1.165) is 19.4 Å². The molecule has 1 atom stereocenters. The molecule has 112 valence electrons. The van der Waals surface area contributed by atoms with E-state index in [2.05, 4.69) is 5.32 Å². The van der Waals surface area contributed by atoms with Crippen molar-refractivity contribution in [3.8, 4) is 0 Å². The summed E-state index contributed by atoms with van der Waals surface area (Å²) in [6.45, 7) is 4.58. The maximum absolute atomic E-state index is 12.0. The van der Waals surface area contributed by atoms with Gasteiger partial charge in [-0.15, -0.1) is 0 Å². The molecular weight excluding hydrogens is 262 g/mol. The van der Waals surface area contributed by atoms with E-state index in [9.17, 15) is 14.4 Å². The van der Waals surface area contributed by atoms with Crippen molar-refractivity contribution < 1.29 is 19.1 Å². The smallest absolute Gasteiger partial charge is 0.324 e. The third kappa shape index (κ3) is 3.47. The molecule has 0 aromatic carbocycles. The molecule has 0 spiro atoms. The zero-order valence-corrected chi connectivity index (χ0v) is 11.8. The van der Waals surface area contributed by atoms with E-state index < -0.39 is 0 Å². The Balaban J connectivity index is 1.84. The summed E-state index contributed by atoms with van der Waals surface area (Å²) in [4.78, 5) is 38.3. The Bertz CT molecular complexity index is 399. The van der Waals surface area contributed by atoms with E-state index in [4.69, 9.17) is 4.74 Å². The van der Waals surface area contributed by atoms with Gasteiger partial charge >= 0.3 is 12.0 Å². The highest BCUT2D eigenvalue weighted by Gasteiger charge is 2.31. The molecule has 0 aromatic rings. The zero-order chi connectivity index (χ0) is 14.5. The lowest BCUT2D eigenvalue weighted by Gasteiger charge is -2.31. The maximum Gasteiger partial charge on any atom is 0.324 e. The number of carbonyl (C=O) groups excluding carboxylic acids is 3. The number of rotatable bonds is 4. The van der Waals surface area contributed by atoms with Crippen LogP contribution in [0.15, 0.2) is 0 Å². The number of piperidine rings is 1. The normalized spacial score (nSPS) is 23.6. The monoisotopic (exact) mass is 283 g/mol. The molecule has 2 aliphatic rings. The van der Waals surface area contributed by atoms with Gasteiger partial charge in [0.1, 0.15) is 0 Å². The molecular formula is C13H21N3O4. The van der Waals surface area contributed by atoms with Gasteiger partial charge in [0.15, 0.2) is 0 Å². The molecule has 20 heavy (non-hydrogen) atoms. The van der Waals surface area contributed by atoms with E-state index in [-0.39, 0.29) is 30.4 Å². The number of nitrogens with one attached hydrogen (secondary N) is 1. The average Bonchev–Trinajstić information content (AvgIpc) is 2.85. The summed E-state index contributed by atoms with van der Waals surface area (Å²) in [5.74, 6) is -0.558. The number of amides is 3. The second-order valence-electron chi connectivity index (χ2n) is 5.10. The minimum atomic E-state index is -0.325. The van der Waals surface area contributed by atoms with Crippen LogP contribution in [0.5, 0.6) is 0 Å². The molecule has 2 fully saturated rings. The van der Waals surface area contributed by atoms with Crippen molar-refractivity contribution in [3.63, 3.8) is 0 Å². The minimum absolute atomic E-state index is 0.163. The Morgan fingerprint density at radius 3 is 2.85 bits per heavy atom. The van der Waals surface area contributed by atoms with E-state index >= 15 is 0 Å². The fourth-order valence-electron chi connectivity index (χ4n) is 2.64. The number of esters is 1. The Kier molecular flexibility index (Phi) is 4.94. The van der Waals surface area contributed by atoms with Crippen LogP contribution in [0, 0.1) is 5.92 Å². The van der Waals surface area contributed by atoms with Crippen LogP contribution in [-0.4, -0.2) is 67.0 Å². The van der Waals surface area contributed by atoms with Crippen LogP contribution >= 0.6 is 0 Å². The molecule has 0 aromatic heterocycles. The van der Waals surface area contributed by atoms with Crippen molar-refractivity contribution in [1.82, 2.24) is 15.1 Å². The molecule has 0 saturated carbocycles. The first-order valence-corrected chi connectivity index (χ1v) is 7.09. The van der Waals surface area contributed by atoms with Gasteiger partial charge in [-0.05, 0) is 26.3 Å². The standard InChI is InChI=1S/C13H21N3O4/c1-2-20-12(18)10-4-3-6-15(8-10)9-11(17)16-7-5-14-13(16)19/h10H,2-9H2,1H3,(H,14,19)/t10-/m0/s1. The summed E-state index contributed by atoms with van der Waals surface area (Å²) in [7, 11) is 0. The molecule has 1 N–H and O–H groups in total. The molecule has 7 heteroatoms. The van der Waals surface area contributed by atoms with Crippen molar-refractivity contribution in [3.05, 3.63) is 0 Å². The summed E-state index contributed by atoms with van der Waals surface area (Å²) in [6, 6.07) is -0.325. The van der Waals surface area contributed by atoms with Crippen LogP contribution in [0.1, 0.15) is 19.8 Å². The largest absolute Gasteiger partial charge is 0.466 e. The zero-order valence-electron chi connectivity index (χ0n) is 11.8. The van der Waals surface area contributed by atoms with Gasteiger partial charge in [-0.1, -0.05) is 0 Å². The number of carbonyl (C=O) groups is 3. The topological polar surface area (TPSA) is 79.0 Å². The predicted molar refractivity (Wildman–Crippen MR) is 70.9 cm³/mol. The Morgan fingerprint density at radius 1 is 1.40 bits per heavy atom. The number of imide groups is 1. The SMILES string of the molecule is CCOC(=O)[C@H]1CCCN(CC(=O)N2CCNC2=O)C1.